The number of rotatable bonds is 5. The Labute approximate surface area is 117 Å². The van der Waals surface area contributed by atoms with Crippen LogP contribution in [-0.2, 0) is 0 Å². The average Bonchev–Trinajstić information content (AvgIpc) is 2.52. The summed E-state index contributed by atoms with van der Waals surface area (Å²) in [6, 6.07) is 16.5. The van der Waals surface area contributed by atoms with Gasteiger partial charge in [-0.25, -0.2) is 0 Å². The molecule has 0 saturated heterocycles. The smallest absolute Gasteiger partial charge is 0.148 e. The first-order valence-corrected chi connectivity index (χ1v) is 6.11. The summed E-state index contributed by atoms with van der Waals surface area (Å²) < 4.78 is 5.52. The van der Waals surface area contributed by atoms with Gasteiger partial charge in [-0.3, -0.25) is 0 Å². The van der Waals surface area contributed by atoms with Crippen LogP contribution in [0, 0.1) is 12.3 Å². The summed E-state index contributed by atoms with van der Waals surface area (Å²) in [5, 5.41) is 3.88. The molecule has 1 atom stereocenters. The molecule has 0 fully saturated rings. The van der Waals surface area contributed by atoms with E-state index in [9.17, 15) is 0 Å². The number of para-hydroxylation sites is 1. The molecular weight excluding hydrogens is 250 g/mol. The van der Waals surface area contributed by atoms with Crippen molar-refractivity contribution in [2.75, 3.05) is 6.61 Å². The van der Waals surface area contributed by atoms with Crippen LogP contribution in [0.15, 0.2) is 59.7 Å². The molecule has 2 aromatic carbocycles. The van der Waals surface area contributed by atoms with Crippen molar-refractivity contribution in [3.63, 3.8) is 0 Å². The Morgan fingerprint density at radius 1 is 1.15 bits per heavy atom. The molecule has 0 radical (unpaired) electrons. The largest absolute Gasteiger partial charge is 0.481 e. The van der Waals surface area contributed by atoms with Gasteiger partial charge in [-0.05, 0) is 17.2 Å². The predicted molar refractivity (Wildman–Crippen MR) is 78.2 cm³/mol. The molecule has 4 heteroatoms. The summed E-state index contributed by atoms with van der Waals surface area (Å²) in [6.45, 7) is 0.175. The Bertz CT molecular complexity index is 655. The van der Waals surface area contributed by atoms with Crippen molar-refractivity contribution in [2.45, 2.75) is 6.04 Å². The fourth-order valence-electron chi connectivity index (χ4n) is 1.95. The average molecular weight is 263 g/mol. The number of ether oxygens (including phenoxy) is 1. The predicted octanol–water partition coefficient (Wildman–Crippen LogP) is 4.10. The minimum atomic E-state index is -0.435. The summed E-state index contributed by atoms with van der Waals surface area (Å²) in [4.78, 5) is 2.94. The molecule has 0 spiro atoms. The van der Waals surface area contributed by atoms with E-state index in [1.165, 1.54) is 0 Å². The van der Waals surface area contributed by atoms with Crippen molar-refractivity contribution in [3.05, 3.63) is 76.2 Å². The van der Waals surface area contributed by atoms with E-state index in [1.54, 1.807) is 0 Å². The number of azide groups is 1. The second-order valence-corrected chi connectivity index (χ2v) is 4.05. The third-order valence-corrected chi connectivity index (χ3v) is 2.81. The van der Waals surface area contributed by atoms with Crippen molar-refractivity contribution >= 4 is 0 Å². The Balaban J connectivity index is 2.45. The molecule has 4 nitrogen and oxygen atoms in total. The summed E-state index contributed by atoms with van der Waals surface area (Å²) in [6.07, 6.45) is 5.22. The molecule has 0 bridgehead atoms. The van der Waals surface area contributed by atoms with Gasteiger partial charge in [0.1, 0.15) is 12.4 Å². The van der Waals surface area contributed by atoms with Crippen LogP contribution >= 0.6 is 0 Å². The third kappa shape index (κ3) is 3.11. The Morgan fingerprint density at radius 3 is 2.55 bits per heavy atom. The van der Waals surface area contributed by atoms with Gasteiger partial charge in [0, 0.05) is 10.5 Å². The van der Waals surface area contributed by atoms with Gasteiger partial charge in [-0.15, -0.1) is 6.42 Å². The second kappa shape index (κ2) is 6.89. The fourth-order valence-corrected chi connectivity index (χ4v) is 1.95. The highest BCUT2D eigenvalue weighted by atomic mass is 16.5. The van der Waals surface area contributed by atoms with Gasteiger partial charge >= 0.3 is 0 Å². The summed E-state index contributed by atoms with van der Waals surface area (Å²) in [5.41, 5.74) is 10.5. The van der Waals surface area contributed by atoms with Crippen LogP contribution in [0.4, 0.5) is 0 Å². The lowest BCUT2D eigenvalue weighted by atomic mass is 9.99. The summed E-state index contributed by atoms with van der Waals surface area (Å²) in [5.74, 6) is 3.06. The lowest BCUT2D eigenvalue weighted by Gasteiger charge is -2.16. The van der Waals surface area contributed by atoms with E-state index in [0.717, 1.165) is 11.1 Å². The van der Waals surface area contributed by atoms with E-state index >= 15 is 0 Å². The van der Waals surface area contributed by atoms with Crippen LogP contribution in [-0.4, -0.2) is 6.61 Å². The first kappa shape index (κ1) is 13.5. The van der Waals surface area contributed by atoms with Gasteiger partial charge in [0.05, 0.1) is 6.04 Å². The molecule has 2 aromatic rings. The zero-order valence-corrected chi connectivity index (χ0v) is 10.8. The number of benzene rings is 2. The van der Waals surface area contributed by atoms with Crippen LogP contribution in [0.3, 0.4) is 0 Å². The number of hydrogen-bond donors (Lipinski definition) is 0. The van der Waals surface area contributed by atoms with Crippen LogP contribution < -0.4 is 4.74 Å². The van der Waals surface area contributed by atoms with Gasteiger partial charge in [0.15, 0.2) is 0 Å². The minimum absolute atomic E-state index is 0.175. The molecule has 0 heterocycles. The normalized spacial score (nSPS) is 10.9. The van der Waals surface area contributed by atoms with Crippen LogP contribution in [0.5, 0.6) is 5.75 Å². The summed E-state index contributed by atoms with van der Waals surface area (Å²) >= 11 is 0. The lowest BCUT2D eigenvalue weighted by molar-refractivity contribution is 0.364. The van der Waals surface area contributed by atoms with Crippen molar-refractivity contribution in [3.8, 4) is 18.1 Å². The molecule has 2 rings (SSSR count). The minimum Gasteiger partial charge on any atom is -0.481 e. The first-order chi connectivity index (χ1) is 9.86. The molecule has 1 unspecified atom stereocenters. The van der Waals surface area contributed by atoms with Crippen LogP contribution in [0.25, 0.3) is 10.4 Å². The Kier molecular flexibility index (Phi) is 4.66. The lowest BCUT2D eigenvalue weighted by Crippen LogP contribution is -2.02. The van der Waals surface area contributed by atoms with Crippen molar-refractivity contribution in [2.24, 2.45) is 5.11 Å². The maximum absolute atomic E-state index is 8.81. The number of terminal acetylenes is 1. The topological polar surface area (TPSA) is 58.0 Å². The Morgan fingerprint density at radius 2 is 1.85 bits per heavy atom. The van der Waals surface area contributed by atoms with Crippen LogP contribution in [0.1, 0.15) is 17.2 Å². The molecule has 0 aliphatic heterocycles. The maximum Gasteiger partial charge on any atom is 0.148 e. The van der Waals surface area contributed by atoms with Gasteiger partial charge in [0.25, 0.3) is 0 Å². The van der Waals surface area contributed by atoms with Gasteiger partial charge in [-0.1, -0.05) is 59.6 Å². The van der Waals surface area contributed by atoms with E-state index in [-0.39, 0.29) is 6.61 Å². The van der Waals surface area contributed by atoms with E-state index < -0.39 is 6.04 Å². The SMILES string of the molecule is C#CCOc1ccccc1C(N=[N+]=[N-])c1ccccc1. The molecule has 0 aromatic heterocycles. The van der Waals surface area contributed by atoms with Crippen molar-refractivity contribution < 1.29 is 4.74 Å². The molecule has 0 aliphatic rings. The van der Waals surface area contributed by atoms with Crippen LogP contribution in [0.2, 0.25) is 0 Å². The Hall–Kier alpha value is -2.89. The molecule has 98 valence electrons. The highest BCUT2D eigenvalue weighted by Gasteiger charge is 2.16. The van der Waals surface area contributed by atoms with E-state index in [1.807, 2.05) is 54.6 Å². The van der Waals surface area contributed by atoms with E-state index in [4.69, 9.17) is 16.7 Å². The molecule has 0 N–H and O–H groups in total. The number of nitrogens with zero attached hydrogens (tertiary/aromatic N) is 3. The van der Waals surface area contributed by atoms with E-state index in [0.29, 0.717) is 5.75 Å². The molecule has 20 heavy (non-hydrogen) atoms. The van der Waals surface area contributed by atoms with Crippen molar-refractivity contribution in [1.82, 2.24) is 0 Å². The highest BCUT2D eigenvalue weighted by Crippen LogP contribution is 2.33. The zero-order chi connectivity index (χ0) is 14.2. The molecule has 0 aliphatic carbocycles. The molecule has 0 saturated carbocycles. The molecule has 0 amide bonds. The monoisotopic (exact) mass is 263 g/mol. The van der Waals surface area contributed by atoms with Gasteiger partial charge < -0.3 is 4.74 Å². The number of hydrogen-bond acceptors (Lipinski definition) is 2. The first-order valence-electron chi connectivity index (χ1n) is 6.11. The fraction of sp³-hybridized carbons (Fsp3) is 0.125. The van der Waals surface area contributed by atoms with Gasteiger partial charge in [0.2, 0.25) is 0 Å². The standard InChI is InChI=1S/C16H13N3O/c1-2-12-20-15-11-7-6-10-14(15)16(18-19-17)13-8-4-3-5-9-13/h1,3-11,16H,12H2. The third-order valence-electron chi connectivity index (χ3n) is 2.81. The van der Waals surface area contributed by atoms with E-state index in [2.05, 4.69) is 15.9 Å². The second-order valence-electron chi connectivity index (χ2n) is 4.05. The van der Waals surface area contributed by atoms with Gasteiger partial charge in [-0.2, -0.15) is 0 Å². The highest BCUT2D eigenvalue weighted by molar-refractivity contribution is 5.41. The zero-order valence-electron chi connectivity index (χ0n) is 10.8. The quantitative estimate of drug-likeness (QED) is 0.347. The maximum atomic E-state index is 8.81. The van der Waals surface area contributed by atoms with Crippen molar-refractivity contribution in [1.29, 1.82) is 0 Å². The molecular formula is C16H13N3O. The summed E-state index contributed by atoms with van der Waals surface area (Å²) in [7, 11) is 0.